The second-order valence-corrected chi connectivity index (χ2v) is 5.78. The van der Waals surface area contributed by atoms with Crippen molar-refractivity contribution in [2.24, 2.45) is 11.3 Å². The van der Waals surface area contributed by atoms with Crippen LogP contribution in [-0.4, -0.2) is 36.1 Å². The lowest BCUT2D eigenvalue weighted by molar-refractivity contribution is -0.147. The average molecular weight is 229 g/mol. The Kier molecular flexibility index (Phi) is 6.65. The lowest BCUT2D eigenvalue weighted by atomic mass is 9.88. The predicted octanol–water partition coefficient (Wildman–Crippen LogP) is 2.86. The van der Waals surface area contributed by atoms with Crippen LogP contribution in [-0.2, 0) is 4.79 Å². The van der Waals surface area contributed by atoms with E-state index in [1.807, 2.05) is 0 Å². The largest absolute Gasteiger partial charge is 0.481 e. The SMILES string of the molecule is CC(C)CCN(C)CCCC(C)(C)C(=O)O. The molecule has 0 radical (unpaired) electrons. The Morgan fingerprint density at radius 2 is 1.88 bits per heavy atom. The van der Waals surface area contributed by atoms with E-state index in [2.05, 4.69) is 25.8 Å². The molecule has 1 N–H and O–H groups in total. The van der Waals surface area contributed by atoms with Crippen molar-refractivity contribution in [3.05, 3.63) is 0 Å². The topological polar surface area (TPSA) is 40.5 Å². The first-order valence-electron chi connectivity index (χ1n) is 6.17. The van der Waals surface area contributed by atoms with Crippen molar-refractivity contribution < 1.29 is 9.90 Å². The standard InChI is InChI=1S/C13H27NO2/c1-11(2)7-10-14(5)9-6-8-13(3,4)12(15)16/h11H,6-10H2,1-5H3,(H,15,16). The van der Waals surface area contributed by atoms with Gasteiger partial charge in [-0.3, -0.25) is 4.79 Å². The second-order valence-electron chi connectivity index (χ2n) is 5.78. The van der Waals surface area contributed by atoms with E-state index in [9.17, 15) is 4.79 Å². The van der Waals surface area contributed by atoms with E-state index in [1.54, 1.807) is 13.8 Å². The molecule has 0 rings (SSSR count). The lowest BCUT2D eigenvalue weighted by Gasteiger charge is -2.22. The molecule has 0 saturated heterocycles. The van der Waals surface area contributed by atoms with Gasteiger partial charge < -0.3 is 10.0 Å². The van der Waals surface area contributed by atoms with Crippen LogP contribution in [0.15, 0.2) is 0 Å². The lowest BCUT2D eigenvalue weighted by Crippen LogP contribution is -2.27. The molecule has 0 heterocycles. The molecule has 0 fully saturated rings. The van der Waals surface area contributed by atoms with Gasteiger partial charge in [-0.1, -0.05) is 13.8 Å². The maximum absolute atomic E-state index is 10.9. The van der Waals surface area contributed by atoms with E-state index in [1.165, 1.54) is 6.42 Å². The van der Waals surface area contributed by atoms with E-state index in [-0.39, 0.29) is 0 Å². The van der Waals surface area contributed by atoms with Crippen molar-refractivity contribution in [3.8, 4) is 0 Å². The summed E-state index contributed by atoms with van der Waals surface area (Å²) >= 11 is 0. The first-order chi connectivity index (χ1) is 7.25. The van der Waals surface area contributed by atoms with E-state index in [0.717, 1.165) is 31.8 Å². The summed E-state index contributed by atoms with van der Waals surface area (Å²) in [5.74, 6) is 0.0373. The molecule has 0 spiro atoms. The van der Waals surface area contributed by atoms with Crippen LogP contribution >= 0.6 is 0 Å². The van der Waals surface area contributed by atoms with Gasteiger partial charge in [-0.2, -0.15) is 0 Å². The Hall–Kier alpha value is -0.570. The van der Waals surface area contributed by atoms with Gasteiger partial charge in [0.2, 0.25) is 0 Å². The number of hydrogen-bond donors (Lipinski definition) is 1. The van der Waals surface area contributed by atoms with Crippen molar-refractivity contribution in [2.45, 2.75) is 47.0 Å². The number of carboxylic acids is 1. The third kappa shape index (κ3) is 6.83. The molecule has 0 aliphatic heterocycles. The molecule has 3 nitrogen and oxygen atoms in total. The zero-order valence-electron chi connectivity index (χ0n) is 11.4. The Labute approximate surface area is 99.8 Å². The minimum absolute atomic E-state index is 0.584. The summed E-state index contributed by atoms with van der Waals surface area (Å²) in [6, 6.07) is 0. The first kappa shape index (κ1) is 15.4. The minimum Gasteiger partial charge on any atom is -0.481 e. The number of carboxylic acid groups (broad SMARTS) is 1. The van der Waals surface area contributed by atoms with Crippen LogP contribution in [0.1, 0.15) is 47.0 Å². The van der Waals surface area contributed by atoms with E-state index in [0.29, 0.717) is 0 Å². The summed E-state index contributed by atoms with van der Waals surface area (Å²) < 4.78 is 0. The average Bonchev–Trinajstić information content (AvgIpc) is 2.14. The summed E-state index contributed by atoms with van der Waals surface area (Å²) in [6.45, 7) is 10.1. The smallest absolute Gasteiger partial charge is 0.309 e. The van der Waals surface area contributed by atoms with Gasteiger partial charge in [-0.15, -0.1) is 0 Å². The van der Waals surface area contributed by atoms with Crippen LogP contribution in [0.2, 0.25) is 0 Å². The van der Waals surface area contributed by atoms with E-state index in [4.69, 9.17) is 5.11 Å². The maximum atomic E-state index is 10.9. The molecule has 0 aliphatic rings. The van der Waals surface area contributed by atoms with E-state index >= 15 is 0 Å². The highest BCUT2D eigenvalue weighted by Gasteiger charge is 2.26. The monoisotopic (exact) mass is 229 g/mol. The zero-order chi connectivity index (χ0) is 12.8. The molecular formula is C13H27NO2. The van der Waals surface area contributed by atoms with Gasteiger partial charge in [0, 0.05) is 0 Å². The Balaban J connectivity index is 3.69. The molecule has 0 aromatic rings. The van der Waals surface area contributed by atoms with E-state index < -0.39 is 11.4 Å². The second kappa shape index (κ2) is 6.89. The van der Waals surface area contributed by atoms with Crippen molar-refractivity contribution in [1.29, 1.82) is 0 Å². The van der Waals surface area contributed by atoms with Gasteiger partial charge in [0.05, 0.1) is 5.41 Å². The highest BCUT2D eigenvalue weighted by atomic mass is 16.4. The maximum Gasteiger partial charge on any atom is 0.309 e. The molecule has 3 heteroatoms. The number of rotatable bonds is 8. The summed E-state index contributed by atoms with van der Waals surface area (Å²) in [5, 5.41) is 8.97. The highest BCUT2D eigenvalue weighted by molar-refractivity contribution is 5.73. The van der Waals surface area contributed by atoms with Crippen molar-refractivity contribution in [2.75, 3.05) is 20.1 Å². The van der Waals surface area contributed by atoms with Gasteiger partial charge >= 0.3 is 5.97 Å². The molecule has 0 aromatic carbocycles. The zero-order valence-corrected chi connectivity index (χ0v) is 11.4. The van der Waals surface area contributed by atoms with Crippen molar-refractivity contribution in [1.82, 2.24) is 4.90 Å². The molecule has 0 bridgehead atoms. The fourth-order valence-corrected chi connectivity index (χ4v) is 1.49. The minimum atomic E-state index is -0.697. The molecule has 0 atom stereocenters. The van der Waals surface area contributed by atoms with Gasteiger partial charge in [0.25, 0.3) is 0 Å². The van der Waals surface area contributed by atoms with Gasteiger partial charge in [0.15, 0.2) is 0 Å². The third-order valence-corrected chi connectivity index (χ3v) is 3.01. The normalized spacial score (nSPS) is 12.4. The van der Waals surface area contributed by atoms with Gasteiger partial charge in [-0.25, -0.2) is 0 Å². The predicted molar refractivity (Wildman–Crippen MR) is 67.6 cm³/mol. The Bertz CT molecular complexity index is 212. The molecular weight excluding hydrogens is 202 g/mol. The third-order valence-electron chi connectivity index (χ3n) is 3.01. The van der Waals surface area contributed by atoms with Crippen LogP contribution < -0.4 is 0 Å². The summed E-state index contributed by atoms with van der Waals surface area (Å²) in [6.07, 6.45) is 2.90. The fourth-order valence-electron chi connectivity index (χ4n) is 1.49. The Morgan fingerprint density at radius 3 is 2.31 bits per heavy atom. The highest BCUT2D eigenvalue weighted by Crippen LogP contribution is 2.22. The van der Waals surface area contributed by atoms with Crippen LogP contribution in [0.25, 0.3) is 0 Å². The van der Waals surface area contributed by atoms with Crippen LogP contribution in [0.3, 0.4) is 0 Å². The van der Waals surface area contributed by atoms with Crippen LogP contribution in [0.5, 0.6) is 0 Å². The van der Waals surface area contributed by atoms with Gasteiger partial charge in [-0.05, 0) is 59.2 Å². The molecule has 0 unspecified atom stereocenters. The fraction of sp³-hybridized carbons (Fsp3) is 0.923. The van der Waals surface area contributed by atoms with Gasteiger partial charge in [0.1, 0.15) is 0 Å². The van der Waals surface area contributed by atoms with Crippen LogP contribution in [0.4, 0.5) is 0 Å². The summed E-state index contributed by atoms with van der Waals surface area (Å²) in [5.41, 5.74) is -0.584. The summed E-state index contributed by atoms with van der Waals surface area (Å²) in [4.78, 5) is 13.2. The number of nitrogens with zero attached hydrogens (tertiary/aromatic N) is 1. The van der Waals surface area contributed by atoms with Crippen LogP contribution in [0, 0.1) is 11.3 Å². The summed E-state index contributed by atoms with van der Waals surface area (Å²) in [7, 11) is 2.11. The number of aliphatic carboxylic acids is 1. The number of hydrogen-bond acceptors (Lipinski definition) is 2. The van der Waals surface area contributed by atoms with Crippen molar-refractivity contribution in [3.63, 3.8) is 0 Å². The first-order valence-corrected chi connectivity index (χ1v) is 6.17. The molecule has 0 amide bonds. The molecule has 0 aliphatic carbocycles. The molecule has 96 valence electrons. The Morgan fingerprint density at radius 1 is 1.31 bits per heavy atom. The molecule has 0 saturated carbocycles. The molecule has 0 aromatic heterocycles. The quantitative estimate of drug-likeness (QED) is 0.695. The van der Waals surface area contributed by atoms with Crippen molar-refractivity contribution >= 4 is 5.97 Å². The molecule has 16 heavy (non-hydrogen) atoms. The number of carbonyl (C=O) groups is 1.